The van der Waals surface area contributed by atoms with Gasteiger partial charge in [0, 0.05) is 19.3 Å². The highest BCUT2D eigenvalue weighted by Gasteiger charge is 2.43. The molecule has 0 N–H and O–H groups in total. The van der Waals surface area contributed by atoms with Gasteiger partial charge >= 0.3 is 0 Å². The summed E-state index contributed by atoms with van der Waals surface area (Å²) in [4.78, 5) is 6.99. The van der Waals surface area contributed by atoms with Crippen LogP contribution in [0.25, 0.3) is 11.0 Å². The van der Waals surface area contributed by atoms with Crippen molar-refractivity contribution in [1.29, 1.82) is 0 Å². The topological polar surface area (TPSA) is 29.3 Å². The summed E-state index contributed by atoms with van der Waals surface area (Å²) in [5.74, 6) is 1.11. The van der Waals surface area contributed by atoms with Gasteiger partial charge in [0.05, 0.1) is 11.6 Å². The van der Waals surface area contributed by atoms with E-state index in [0.29, 0.717) is 5.41 Å². The Morgan fingerprint density at radius 2 is 2.18 bits per heavy atom. The smallest absolute Gasteiger partial charge is 0.139 e. The Morgan fingerprint density at radius 1 is 1.24 bits per heavy atom. The van der Waals surface area contributed by atoms with E-state index < -0.39 is 0 Å². The summed E-state index contributed by atoms with van der Waals surface area (Å²) >= 11 is 0. The number of aromatic nitrogens is 1. The van der Waals surface area contributed by atoms with Crippen LogP contribution in [-0.4, -0.2) is 18.1 Å². The number of rotatable bonds is 1. The molecule has 2 aliphatic rings. The summed E-state index contributed by atoms with van der Waals surface area (Å²) in [5, 5.41) is 1.16. The summed E-state index contributed by atoms with van der Waals surface area (Å²) < 4.78 is 5.44. The molecule has 0 amide bonds. The first-order valence-corrected chi connectivity index (χ1v) is 6.44. The van der Waals surface area contributed by atoms with Crippen molar-refractivity contribution in [3.8, 4) is 0 Å². The summed E-state index contributed by atoms with van der Waals surface area (Å²) in [6, 6.07) is 3.97. The number of fused-ring (bicyclic) bond motifs is 1. The van der Waals surface area contributed by atoms with Gasteiger partial charge in [0.25, 0.3) is 0 Å². The minimum absolute atomic E-state index is 0.619. The van der Waals surface area contributed by atoms with Crippen LogP contribution in [0.1, 0.15) is 25.7 Å². The van der Waals surface area contributed by atoms with Crippen molar-refractivity contribution in [2.24, 2.45) is 5.41 Å². The molecule has 88 valence electrons. The standard InChI is InChI=1S/C14H16N2O/c1-4-14(5-1)6-8-16(10-14)13-11-3-9-17-12(11)2-7-15-13/h2-3,7,9H,1,4-6,8,10H2. The minimum Gasteiger partial charge on any atom is -0.464 e. The number of furan rings is 1. The molecule has 0 unspecified atom stereocenters. The van der Waals surface area contributed by atoms with E-state index >= 15 is 0 Å². The SMILES string of the molecule is c1cc2occc2c(N2CCC3(CCC3)C2)n1. The third-order valence-electron chi connectivity index (χ3n) is 4.51. The maximum Gasteiger partial charge on any atom is 0.139 e. The van der Waals surface area contributed by atoms with Crippen molar-refractivity contribution in [2.45, 2.75) is 25.7 Å². The van der Waals surface area contributed by atoms with Gasteiger partial charge in [-0.1, -0.05) is 6.42 Å². The Bertz CT molecular complexity index is 556. The average Bonchev–Trinajstić information content (AvgIpc) is 2.94. The van der Waals surface area contributed by atoms with Gasteiger partial charge in [-0.3, -0.25) is 0 Å². The van der Waals surface area contributed by atoms with E-state index in [9.17, 15) is 0 Å². The molecule has 0 radical (unpaired) electrons. The van der Waals surface area contributed by atoms with E-state index in [4.69, 9.17) is 4.42 Å². The molecule has 0 aromatic carbocycles. The predicted molar refractivity (Wildman–Crippen MR) is 67.1 cm³/mol. The highest BCUT2D eigenvalue weighted by molar-refractivity contribution is 5.88. The lowest BCUT2D eigenvalue weighted by molar-refractivity contribution is 0.165. The molecule has 2 fully saturated rings. The predicted octanol–water partition coefficient (Wildman–Crippen LogP) is 3.21. The van der Waals surface area contributed by atoms with Gasteiger partial charge in [-0.15, -0.1) is 0 Å². The fourth-order valence-electron chi connectivity index (χ4n) is 3.33. The van der Waals surface area contributed by atoms with E-state index in [0.717, 1.165) is 23.3 Å². The first kappa shape index (κ1) is 9.51. The lowest BCUT2D eigenvalue weighted by atomic mass is 9.68. The van der Waals surface area contributed by atoms with Gasteiger partial charge in [0.1, 0.15) is 11.4 Å². The quantitative estimate of drug-likeness (QED) is 0.750. The van der Waals surface area contributed by atoms with Gasteiger partial charge in [0.2, 0.25) is 0 Å². The highest BCUT2D eigenvalue weighted by atomic mass is 16.3. The van der Waals surface area contributed by atoms with Crippen LogP contribution in [0.5, 0.6) is 0 Å². The summed E-state index contributed by atoms with van der Waals surface area (Å²) in [6.07, 6.45) is 9.17. The maximum absolute atomic E-state index is 5.44. The molecule has 1 spiro atoms. The molecule has 1 aliphatic heterocycles. The van der Waals surface area contributed by atoms with Crippen molar-refractivity contribution in [3.63, 3.8) is 0 Å². The average molecular weight is 228 g/mol. The van der Waals surface area contributed by atoms with Crippen molar-refractivity contribution in [3.05, 3.63) is 24.6 Å². The van der Waals surface area contributed by atoms with Crippen LogP contribution in [-0.2, 0) is 0 Å². The normalized spacial score (nSPS) is 22.2. The molecule has 3 nitrogen and oxygen atoms in total. The first-order chi connectivity index (χ1) is 8.36. The van der Waals surface area contributed by atoms with Gasteiger partial charge in [0.15, 0.2) is 0 Å². The molecule has 0 atom stereocenters. The van der Waals surface area contributed by atoms with Gasteiger partial charge < -0.3 is 9.32 Å². The van der Waals surface area contributed by atoms with Crippen molar-refractivity contribution < 1.29 is 4.42 Å². The molecule has 3 heteroatoms. The maximum atomic E-state index is 5.44. The monoisotopic (exact) mass is 228 g/mol. The van der Waals surface area contributed by atoms with Crippen molar-refractivity contribution >= 4 is 16.8 Å². The minimum atomic E-state index is 0.619. The summed E-state index contributed by atoms with van der Waals surface area (Å²) in [5.41, 5.74) is 1.57. The number of hydrogen-bond acceptors (Lipinski definition) is 3. The molecule has 1 saturated carbocycles. The molecule has 17 heavy (non-hydrogen) atoms. The molecule has 4 rings (SSSR count). The molecular weight excluding hydrogens is 212 g/mol. The lowest BCUT2D eigenvalue weighted by Crippen LogP contribution is -2.33. The fourth-order valence-corrected chi connectivity index (χ4v) is 3.33. The van der Waals surface area contributed by atoms with E-state index in [1.165, 1.54) is 32.2 Å². The van der Waals surface area contributed by atoms with Gasteiger partial charge in [-0.05, 0) is 36.8 Å². The fraction of sp³-hybridized carbons (Fsp3) is 0.500. The summed E-state index contributed by atoms with van der Waals surface area (Å²) in [6.45, 7) is 2.33. The zero-order chi connectivity index (χ0) is 11.3. The van der Waals surface area contributed by atoms with Crippen LogP contribution in [0.15, 0.2) is 29.0 Å². The molecule has 1 saturated heterocycles. The van der Waals surface area contributed by atoms with Crippen LogP contribution in [0, 0.1) is 5.41 Å². The second-order valence-electron chi connectivity index (χ2n) is 5.49. The number of nitrogens with zero attached hydrogens (tertiary/aromatic N) is 2. The lowest BCUT2D eigenvalue weighted by Gasteiger charge is -2.38. The second kappa shape index (κ2) is 3.25. The Kier molecular flexibility index (Phi) is 1.82. The number of hydrogen-bond donors (Lipinski definition) is 0. The third-order valence-corrected chi connectivity index (χ3v) is 4.51. The number of pyridine rings is 1. The summed E-state index contributed by atoms with van der Waals surface area (Å²) in [7, 11) is 0. The van der Waals surface area contributed by atoms with Crippen molar-refractivity contribution in [2.75, 3.05) is 18.0 Å². The van der Waals surface area contributed by atoms with E-state index in [-0.39, 0.29) is 0 Å². The Morgan fingerprint density at radius 3 is 2.94 bits per heavy atom. The molecule has 3 heterocycles. The van der Waals surface area contributed by atoms with Crippen molar-refractivity contribution in [1.82, 2.24) is 4.98 Å². The third kappa shape index (κ3) is 1.31. The largest absolute Gasteiger partial charge is 0.464 e. The molecule has 1 aliphatic carbocycles. The van der Waals surface area contributed by atoms with Crippen LogP contribution in [0.3, 0.4) is 0 Å². The molecular formula is C14H16N2O. The van der Waals surface area contributed by atoms with Crippen LogP contribution < -0.4 is 4.90 Å². The molecule has 2 aromatic heterocycles. The molecule has 0 bridgehead atoms. The number of anilines is 1. The van der Waals surface area contributed by atoms with E-state index in [1.54, 1.807) is 6.26 Å². The van der Waals surface area contributed by atoms with E-state index in [2.05, 4.69) is 9.88 Å². The van der Waals surface area contributed by atoms with Crippen LogP contribution in [0.4, 0.5) is 5.82 Å². The Labute approximate surface area is 100 Å². The Hall–Kier alpha value is -1.51. The van der Waals surface area contributed by atoms with Crippen LogP contribution in [0.2, 0.25) is 0 Å². The zero-order valence-corrected chi connectivity index (χ0v) is 9.85. The molecule has 2 aromatic rings. The van der Waals surface area contributed by atoms with Gasteiger partial charge in [-0.2, -0.15) is 0 Å². The highest BCUT2D eigenvalue weighted by Crippen LogP contribution is 2.49. The van der Waals surface area contributed by atoms with Gasteiger partial charge in [-0.25, -0.2) is 4.98 Å². The zero-order valence-electron chi connectivity index (χ0n) is 9.85. The first-order valence-electron chi connectivity index (χ1n) is 6.44. The van der Waals surface area contributed by atoms with Crippen LogP contribution >= 0.6 is 0 Å². The Balaban J connectivity index is 1.72. The second-order valence-corrected chi connectivity index (χ2v) is 5.49. The van der Waals surface area contributed by atoms with E-state index in [1.807, 2.05) is 18.3 Å².